The summed E-state index contributed by atoms with van der Waals surface area (Å²) in [6.07, 6.45) is -0.0616. The third-order valence-corrected chi connectivity index (χ3v) is 3.32. The monoisotopic (exact) mass is 283 g/mol. The van der Waals surface area contributed by atoms with E-state index in [4.69, 9.17) is 16.7 Å². The molecule has 0 heterocycles. The molecule has 0 aromatic heterocycles. The number of hydrogen-bond donors (Lipinski definition) is 1. The van der Waals surface area contributed by atoms with Crippen molar-refractivity contribution in [3.8, 4) is 0 Å². The molecule has 0 spiro atoms. The molecule has 0 bridgehead atoms. The Morgan fingerprint density at radius 3 is 2.53 bits per heavy atom. The number of nitrogens with zero attached hydrogens (tertiary/aromatic N) is 1. The molecule has 0 fully saturated rings. The second-order valence-corrected chi connectivity index (χ2v) is 5.44. The minimum absolute atomic E-state index is 0.0616. The fourth-order valence-electron chi connectivity index (χ4n) is 1.84. The molecule has 0 aliphatic carbocycles. The maximum absolute atomic E-state index is 12.4. The SMILES string of the molecule is CN(CCC(=O)O)C(=O)C(C)(C)c1cccc(Cl)c1. The largest absolute Gasteiger partial charge is 0.481 e. The van der Waals surface area contributed by atoms with Crippen molar-refractivity contribution in [2.75, 3.05) is 13.6 Å². The van der Waals surface area contributed by atoms with E-state index in [-0.39, 0.29) is 18.9 Å². The Hall–Kier alpha value is -1.55. The predicted octanol–water partition coefficient (Wildman–Crippen LogP) is 2.55. The van der Waals surface area contributed by atoms with Crippen molar-refractivity contribution in [3.05, 3.63) is 34.9 Å². The first kappa shape index (κ1) is 15.5. The van der Waals surface area contributed by atoms with Crippen LogP contribution in [0, 0.1) is 0 Å². The summed E-state index contributed by atoms with van der Waals surface area (Å²) in [5, 5.41) is 9.22. The van der Waals surface area contributed by atoms with Gasteiger partial charge in [-0.25, -0.2) is 0 Å². The van der Waals surface area contributed by atoms with Crippen LogP contribution < -0.4 is 0 Å². The molecule has 0 saturated heterocycles. The second kappa shape index (κ2) is 6.06. The zero-order chi connectivity index (χ0) is 14.6. The highest BCUT2D eigenvalue weighted by Crippen LogP contribution is 2.27. The number of carbonyl (C=O) groups excluding carboxylic acids is 1. The molecule has 0 aliphatic rings. The van der Waals surface area contributed by atoms with Crippen LogP contribution in [-0.2, 0) is 15.0 Å². The van der Waals surface area contributed by atoms with Crippen LogP contribution >= 0.6 is 11.6 Å². The summed E-state index contributed by atoms with van der Waals surface area (Å²) in [7, 11) is 1.61. The third kappa shape index (κ3) is 3.96. The maximum Gasteiger partial charge on any atom is 0.305 e. The molecule has 0 radical (unpaired) electrons. The Balaban J connectivity index is 2.87. The van der Waals surface area contributed by atoms with E-state index in [0.29, 0.717) is 5.02 Å². The minimum Gasteiger partial charge on any atom is -0.481 e. The summed E-state index contributed by atoms with van der Waals surface area (Å²) in [5.41, 5.74) is 0.0743. The first-order valence-electron chi connectivity index (χ1n) is 5.98. The number of likely N-dealkylation sites (N-methyl/N-ethyl adjacent to an activating group) is 1. The predicted molar refractivity (Wildman–Crippen MR) is 74.4 cm³/mol. The van der Waals surface area contributed by atoms with Gasteiger partial charge in [0, 0.05) is 18.6 Å². The van der Waals surface area contributed by atoms with Gasteiger partial charge in [0.2, 0.25) is 5.91 Å². The lowest BCUT2D eigenvalue weighted by Crippen LogP contribution is -2.42. The highest BCUT2D eigenvalue weighted by atomic mass is 35.5. The van der Waals surface area contributed by atoms with Crippen LogP contribution in [0.3, 0.4) is 0 Å². The van der Waals surface area contributed by atoms with Gasteiger partial charge in [-0.15, -0.1) is 0 Å². The van der Waals surface area contributed by atoms with Gasteiger partial charge in [-0.2, -0.15) is 0 Å². The van der Waals surface area contributed by atoms with Crippen LogP contribution in [0.25, 0.3) is 0 Å². The Kier molecular flexibility index (Phi) is 4.95. The molecule has 0 saturated carbocycles. The highest BCUT2D eigenvalue weighted by molar-refractivity contribution is 6.30. The first-order valence-corrected chi connectivity index (χ1v) is 6.36. The summed E-state index contributed by atoms with van der Waals surface area (Å²) < 4.78 is 0. The van der Waals surface area contributed by atoms with Gasteiger partial charge in [0.1, 0.15) is 0 Å². The lowest BCUT2D eigenvalue weighted by molar-refractivity contribution is -0.139. The number of aliphatic carboxylic acids is 1. The number of amides is 1. The van der Waals surface area contributed by atoms with Crippen LogP contribution in [0.2, 0.25) is 5.02 Å². The van der Waals surface area contributed by atoms with Gasteiger partial charge >= 0.3 is 5.97 Å². The molecule has 5 heteroatoms. The first-order chi connectivity index (χ1) is 8.75. The maximum atomic E-state index is 12.4. The van der Waals surface area contributed by atoms with Gasteiger partial charge in [-0.3, -0.25) is 9.59 Å². The van der Waals surface area contributed by atoms with Crippen molar-refractivity contribution in [2.24, 2.45) is 0 Å². The minimum atomic E-state index is -0.916. The van der Waals surface area contributed by atoms with Crippen molar-refractivity contribution < 1.29 is 14.7 Å². The van der Waals surface area contributed by atoms with Crippen molar-refractivity contribution in [1.82, 2.24) is 4.90 Å². The van der Waals surface area contributed by atoms with Gasteiger partial charge in [0.05, 0.1) is 11.8 Å². The molecule has 1 aromatic carbocycles. The molecule has 0 atom stereocenters. The van der Waals surface area contributed by atoms with Crippen LogP contribution in [0.4, 0.5) is 0 Å². The number of rotatable bonds is 5. The van der Waals surface area contributed by atoms with E-state index in [1.165, 1.54) is 4.90 Å². The lowest BCUT2D eigenvalue weighted by atomic mass is 9.83. The topological polar surface area (TPSA) is 57.6 Å². The van der Waals surface area contributed by atoms with E-state index in [2.05, 4.69) is 0 Å². The Labute approximate surface area is 118 Å². The number of carbonyl (C=O) groups is 2. The van der Waals surface area contributed by atoms with E-state index in [0.717, 1.165) is 5.56 Å². The number of hydrogen-bond acceptors (Lipinski definition) is 2. The van der Waals surface area contributed by atoms with E-state index in [1.54, 1.807) is 39.1 Å². The molecule has 4 nitrogen and oxygen atoms in total. The number of carboxylic acids is 1. The summed E-state index contributed by atoms with van der Waals surface area (Å²) in [6, 6.07) is 7.14. The van der Waals surface area contributed by atoms with Crippen LogP contribution in [0.5, 0.6) is 0 Å². The normalized spacial score (nSPS) is 11.2. The molecular formula is C14H18ClNO3. The summed E-state index contributed by atoms with van der Waals surface area (Å²) in [5.74, 6) is -1.05. The fraction of sp³-hybridized carbons (Fsp3) is 0.429. The van der Waals surface area contributed by atoms with E-state index >= 15 is 0 Å². The van der Waals surface area contributed by atoms with Gasteiger partial charge in [0.25, 0.3) is 0 Å². The number of halogens is 1. The summed E-state index contributed by atoms with van der Waals surface area (Å²) in [4.78, 5) is 24.4. The lowest BCUT2D eigenvalue weighted by Gasteiger charge is -2.29. The Morgan fingerprint density at radius 2 is 2.00 bits per heavy atom. The Bertz CT molecular complexity index is 485. The average Bonchev–Trinajstić information content (AvgIpc) is 2.34. The zero-order valence-corrected chi connectivity index (χ0v) is 12.1. The molecule has 1 rings (SSSR count). The molecule has 1 amide bonds. The number of carboxylic acid groups (broad SMARTS) is 1. The van der Waals surface area contributed by atoms with Gasteiger partial charge in [0.15, 0.2) is 0 Å². The van der Waals surface area contributed by atoms with Crippen LogP contribution in [-0.4, -0.2) is 35.5 Å². The molecule has 19 heavy (non-hydrogen) atoms. The van der Waals surface area contributed by atoms with Crippen molar-refractivity contribution in [3.63, 3.8) is 0 Å². The smallest absolute Gasteiger partial charge is 0.305 e. The second-order valence-electron chi connectivity index (χ2n) is 5.01. The van der Waals surface area contributed by atoms with Gasteiger partial charge in [-0.05, 0) is 31.5 Å². The van der Waals surface area contributed by atoms with Crippen molar-refractivity contribution in [2.45, 2.75) is 25.7 Å². The molecule has 1 N–H and O–H groups in total. The van der Waals surface area contributed by atoms with E-state index in [1.807, 2.05) is 6.07 Å². The zero-order valence-electron chi connectivity index (χ0n) is 11.3. The molecule has 0 aliphatic heterocycles. The van der Waals surface area contributed by atoms with Crippen LogP contribution in [0.1, 0.15) is 25.8 Å². The number of benzene rings is 1. The summed E-state index contributed by atoms with van der Waals surface area (Å²) in [6.45, 7) is 3.80. The van der Waals surface area contributed by atoms with Crippen LogP contribution in [0.15, 0.2) is 24.3 Å². The molecular weight excluding hydrogens is 266 g/mol. The van der Waals surface area contributed by atoms with Crippen molar-refractivity contribution in [1.29, 1.82) is 0 Å². The van der Waals surface area contributed by atoms with E-state index < -0.39 is 11.4 Å². The highest BCUT2D eigenvalue weighted by Gasteiger charge is 2.32. The van der Waals surface area contributed by atoms with Crippen molar-refractivity contribution >= 4 is 23.5 Å². The third-order valence-electron chi connectivity index (χ3n) is 3.09. The van der Waals surface area contributed by atoms with Gasteiger partial charge < -0.3 is 10.0 Å². The summed E-state index contributed by atoms with van der Waals surface area (Å²) >= 11 is 5.94. The standard InChI is InChI=1S/C14H18ClNO3/c1-14(2,10-5-4-6-11(15)9-10)13(19)16(3)8-7-12(17)18/h4-6,9H,7-8H2,1-3H3,(H,17,18). The molecule has 0 unspecified atom stereocenters. The van der Waals surface area contributed by atoms with E-state index in [9.17, 15) is 9.59 Å². The molecule has 1 aromatic rings. The fourth-order valence-corrected chi connectivity index (χ4v) is 2.03. The van der Waals surface area contributed by atoms with Gasteiger partial charge in [-0.1, -0.05) is 23.7 Å². The average molecular weight is 284 g/mol. The quantitative estimate of drug-likeness (QED) is 0.903. The molecule has 104 valence electrons. The Morgan fingerprint density at radius 1 is 1.37 bits per heavy atom.